The second-order valence-corrected chi connectivity index (χ2v) is 8.06. The lowest BCUT2D eigenvalue weighted by Gasteiger charge is -2.28. The highest BCUT2D eigenvalue weighted by Gasteiger charge is 2.48. The molecule has 0 bridgehead atoms. The van der Waals surface area contributed by atoms with Crippen molar-refractivity contribution in [2.75, 3.05) is 27.4 Å². The standard InChI is InChI=1S/C25H27NO6/c1-15-6-8-16(9-7-15)23(27)21-22(19-13-17(30-2)10-11-20(19)31-3)26(25(29)24(21)28)14-18-5-4-12-32-18/h6-11,13,18,22,27H,4-5,12,14H2,1-3H3/b23-21+. The van der Waals surface area contributed by atoms with E-state index in [2.05, 4.69) is 0 Å². The predicted octanol–water partition coefficient (Wildman–Crippen LogP) is 3.61. The lowest BCUT2D eigenvalue weighted by atomic mass is 9.94. The van der Waals surface area contributed by atoms with Gasteiger partial charge in [0, 0.05) is 24.3 Å². The first-order valence-electron chi connectivity index (χ1n) is 10.6. The summed E-state index contributed by atoms with van der Waals surface area (Å²) < 4.78 is 16.7. The van der Waals surface area contributed by atoms with E-state index in [4.69, 9.17) is 14.2 Å². The Bertz CT molecular complexity index is 1050. The summed E-state index contributed by atoms with van der Waals surface area (Å²) >= 11 is 0. The molecule has 2 aromatic carbocycles. The number of aliphatic hydroxyl groups excluding tert-OH is 1. The molecule has 0 aromatic heterocycles. The summed E-state index contributed by atoms with van der Waals surface area (Å²) in [6.07, 6.45) is 1.56. The summed E-state index contributed by atoms with van der Waals surface area (Å²) in [5.74, 6) is -0.559. The van der Waals surface area contributed by atoms with Crippen molar-refractivity contribution in [2.24, 2.45) is 0 Å². The molecule has 4 rings (SSSR count). The van der Waals surface area contributed by atoms with Gasteiger partial charge in [0.05, 0.1) is 31.9 Å². The lowest BCUT2D eigenvalue weighted by Crippen LogP contribution is -2.36. The van der Waals surface area contributed by atoms with Crippen molar-refractivity contribution in [1.29, 1.82) is 0 Å². The van der Waals surface area contributed by atoms with Crippen molar-refractivity contribution in [2.45, 2.75) is 31.9 Å². The van der Waals surface area contributed by atoms with E-state index in [0.29, 0.717) is 29.2 Å². The van der Waals surface area contributed by atoms with Crippen LogP contribution in [0.2, 0.25) is 0 Å². The van der Waals surface area contributed by atoms with Crippen molar-refractivity contribution in [3.63, 3.8) is 0 Å². The fourth-order valence-corrected chi connectivity index (χ4v) is 4.32. The van der Waals surface area contributed by atoms with Gasteiger partial charge in [-0.2, -0.15) is 0 Å². The molecule has 0 saturated carbocycles. The molecule has 7 heteroatoms. The van der Waals surface area contributed by atoms with Crippen LogP contribution in [0, 0.1) is 6.92 Å². The number of nitrogens with zero attached hydrogens (tertiary/aromatic N) is 1. The lowest BCUT2D eigenvalue weighted by molar-refractivity contribution is -0.140. The van der Waals surface area contributed by atoms with Gasteiger partial charge in [0.2, 0.25) is 0 Å². The van der Waals surface area contributed by atoms with E-state index >= 15 is 0 Å². The van der Waals surface area contributed by atoms with Crippen LogP contribution in [0.25, 0.3) is 5.76 Å². The Morgan fingerprint density at radius 3 is 2.50 bits per heavy atom. The minimum absolute atomic E-state index is 0.0309. The minimum atomic E-state index is -0.828. The molecule has 0 radical (unpaired) electrons. The number of hydrogen-bond donors (Lipinski definition) is 1. The molecule has 2 atom stereocenters. The predicted molar refractivity (Wildman–Crippen MR) is 119 cm³/mol. The monoisotopic (exact) mass is 437 g/mol. The first-order valence-corrected chi connectivity index (χ1v) is 10.6. The quantitative estimate of drug-likeness (QED) is 0.422. The van der Waals surface area contributed by atoms with Gasteiger partial charge in [-0.05, 0) is 38.0 Å². The molecule has 2 heterocycles. The van der Waals surface area contributed by atoms with Crippen LogP contribution in [0.4, 0.5) is 0 Å². The summed E-state index contributed by atoms with van der Waals surface area (Å²) in [4.78, 5) is 27.8. The number of likely N-dealkylation sites (tertiary alicyclic amines) is 1. The third kappa shape index (κ3) is 3.96. The van der Waals surface area contributed by atoms with Crippen molar-refractivity contribution < 1.29 is 28.9 Å². The Balaban J connectivity index is 1.89. The molecule has 2 unspecified atom stereocenters. The van der Waals surface area contributed by atoms with E-state index in [-0.39, 0.29) is 24.0 Å². The molecule has 2 saturated heterocycles. The van der Waals surface area contributed by atoms with E-state index in [1.54, 1.807) is 37.4 Å². The van der Waals surface area contributed by atoms with Gasteiger partial charge in [0.25, 0.3) is 11.7 Å². The number of benzene rings is 2. The molecule has 1 N–H and O–H groups in total. The topological polar surface area (TPSA) is 85.3 Å². The maximum Gasteiger partial charge on any atom is 0.295 e. The van der Waals surface area contributed by atoms with Crippen LogP contribution < -0.4 is 9.47 Å². The van der Waals surface area contributed by atoms with Gasteiger partial charge in [0.15, 0.2) is 0 Å². The zero-order valence-corrected chi connectivity index (χ0v) is 18.5. The third-order valence-corrected chi connectivity index (χ3v) is 6.02. The third-order valence-electron chi connectivity index (χ3n) is 6.02. The fraction of sp³-hybridized carbons (Fsp3) is 0.360. The first-order chi connectivity index (χ1) is 15.4. The maximum atomic E-state index is 13.2. The average molecular weight is 437 g/mol. The van der Waals surface area contributed by atoms with Crippen LogP contribution in [0.15, 0.2) is 48.0 Å². The number of Topliss-reactive ketones (excluding diaryl/α,β-unsaturated/α-hetero) is 1. The summed E-state index contributed by atoms with van der Waals surface area (Å²) in [5, 5.41) is 11.2. The van der Waals surface area contributed by atoms with Crippen LogP contribution in [-0.2, 0) is 14.3 Å². The Kier molecular flexibility index (Phi) is 6.19. The molecule has 7 nitrogen and oxygen atoms in total. The molecule has 2 aliphatic rings. The molecular formula is C25H27NO6. The molecule has 0 aliphatic carbocycles. The van der Waals surface area contributed by atoms with Crippen molar-refractivity contribution in [1.82, 2.24) is 4.90 Å². The molecule has 168 valence electrons. The minimum Gasteiger partial charge on any atom is -0.507 e. The Labute approximate surface area is 187 Å². The SMILES string of the molecule is COc1ccc(OC)c(C2/C(=C(\O)c3ccc(C)cc3)C(=O)C(=O)N2CC2CCCO2)c1. The molecule has 1 amide bonds. The van der Waals surface area contributed by atoms with Gasteiger partial charge < -0.3 is 24.2 Å². The average Bonchev–Trinajstić information content (AvgIpc) is 3.41. The molecule has 0 spiro atoms. The van der Waals surface area contributed by atoms with E-state index in [1.165, 1.54) is 12.0 Å². The summed E-state index contributed by atoms with van der Waals surface area (Å²) in [6.45, 7) is 2.82. The molecule has 2 aliphatic heterocycles. The highest BCUT2D eigenvalue weighted by molar-refractivity contribution is 6.46. The number of hydrogen-bond acceptors (Lipinski definition) is 6. The van der Waals surface area contributed by atoms with E-state index in [1.807, 2.05) is 19.1 Å². The van der Waals surface area contributed by atoms with Crippen LogP contribution in [-0.4, -0.2) is 55.2 Å². The van der Waals surface area contributed by atoms with E-state index in [0.717, 1.165) is 18.4 Å². The Hall–Kier alpha value is -3.32. The van der Waals surface area contributed by atoms with Crippen LogP contribution in [0.1, 0.15) is 35.6 Å². The van der Waals surface area contributed by atoms with E-state index < -0.39 is 17.7 Å². The van der Waals surface area contributed by atoms with Gasteiger partial charge in [-0.3, -0.25) is 9.59 Å². The van der Waals surface area contributed by atoms with Crippen molar-refractivity contribution in [3.05, 3.63) is 64.7 Å². The van der Waals surface area contributed by atoms with Crippen molar-refractivity contribution >= 4 is 17.4 Å². The Morgan fingerprint density at radius 2 is 1.88 bits per heavy atom. The smallest absolute Gasteiger partial charge is 0.295 e. The number of ketones is 1. The van der Waals surface area contributed by atoms with Gasteiger partial charge in [-0.15, -0.1) is 0 Å². The van der Waals surface area contributed by atoms with Crippen LogP contribution in [0.3, 0.4) is 0 Å². The Morgan fingerprint density at radius 1 is 1.12 bits per heavy atom. The molecule has 2 fully saturated rings. The summed E-state index contributed by atoms with van der Waals surface area (Å²) in [6, 6.07) is 11.5. The first kappa shape index (κ1) is 21.9. The summed E-state index contributed by atoms with van der Waals surface area (Å²) in [5.41, 5.74) is 2.09. The second-order valence-electron chi connectivity index (χ2n) is 8.06. The molecule has 32 heavy (non-hydrogen) atoms. The molecule has 2 aromatic rings. The largest absolute Gasteiger partial charge is 0.507 e. The van der Waals surface area contributed by atoms with Crippen molar-refractivity contribution in [3.8, 4) is 11.5 Å². The highest BCUT2D eigenvalue weighted by Crippen LogP contribution is 2.44. The second kappa shape index (κ2) is 9.04. The summed E-state index contributed by atoms with van der Waals surface area (Å²) in [7, 11) is 3.07. The normalized spacial score (nSPS) is 22.4. The van der Waals surface area contributed by atoms with E-state index in [9.17, 15) is 14.7 Å². The number of amides is 1. The number of rotatable bonds is 6. The number of carbonyl (C=O) groups is 2. The zero-order chi connectivity index (χ0) is 22.8. The van der Waals surface area contributed by atoms with Gasteiger partial charge in [-0.1, -0.05) is 29.8 Å². The van der Waals surface area contributed by atoms with Crippen LogP contribution >= 0.6 is 0 Å². The highest BCUT2D eigenvalue weighted by atomic mass is 16.5. The number of methoxy groups -OCH3 is 2. The number of carbonyl (C=O) groups excluding carboxylic acids is 2. The van der Waals surface area contributed by atoms with Gasteiger partial charge in [-0.25, -0.2) is 0 Å². The number of aliphatic hydroxyl groups is 1. The molecular weight excluding hydrogens is 410 g/mol. The van der Waals surface area contributed by atoms with Gasteiger partial charge >= 0.3 is 0 Å². The number of aryl methyl sites for hydroxylation is 1. The van der Waals surface area contributed by atoms with Gasteiger partial charge in [0.1, 0.15) is 17.3 Å². The zero-order valence-electron chi connectivity index (χ0n) is 18.5. The maximum absolute atomic E-state index is 13.2. The van der Waals surface area contributed by atoms with Crippen LogP contribution in [0.5, 0.6) is 11.5 Å². The number of ether oxygens (including phenoxy) is 3. The fourth-order valence-electron chi connectivity index (χ4n) is 4.32.